The van der Waals surface area contributed by atoms with Crippen LogP contribution in [0.25, 0.3) is 6.08 Å². The number of fused-ring (bicyclic) bond motifs is 1. The highest BCUT2D eigenvalue weighted by Crippen LogP contribution is 2.36. The quantitative estimate of drug-likeness (QED) is 0.405. The first-order valence-corrected chi connectivity index (χ1v) is 11.8. The molecule has 4 rings (SSSR count). The van der Waals surface area contributed by atoms with E-state index in [1.54, 1.807) is 68.5 Å². The Labute approximate surface area is 209 Å². The Morgan fingerprint density at radius 1 is 1.06 bits per heavy atom. The van der Waals surface area contributed by atoms with Crippen molar-refractivity contribution in [2.75, 3.05) is 40.5 Å². The first kappa shape index (κ1) is 25.1. The van der Waals surface area contributed by atoms with Gasteiger partial charge in [0.05, 0.1) is 32.3 Å². The van der Waals surface area contributed by atoms with Crippen molar-refractivity contribution < 1.29 is 38.1 Å². The van der Waals surface area contributed by atoms with Crippen molar-refractivity contribution in [3.05, 3.63) is 53.3 Å². The van der Waals surface area contributed by atoms with Crippen LogP contribution in [-0.4, -0.2) is 63.1 Å². The molecular formula is C27H29NO8. The highest BCUT2D eigenvalue weighted by Gasteiger charge is 2.30. The number of benzene rings is 2. The predicted molar refractivity (Wildman–Crippen MR) is 130 cm³/mol. The third-order valence-corrected chi connectivity index (χ3v) is 6.19. The number of hydrogen-bond donors (Lipinski definition) is 0. The molecule has 2 aromatic rings. The van der Waals surface area contributed by atoms with Crippen LogP contribution >= 0.6 is 0 Å². The Balaban J connectivity index is 1.37. The maximum atomic E-state index is 12.9. The van der Waals surface area contributed by atoms with Gasteiger partial charge in [-0.15, -0.1) is 0 Å². The smallest absolute Gasteiger partial charge is 0.309 e. The van der Waals surface area contributed by atoms with Crippen molar-refractivity contribution >= 4 is 23.7 Å². The zero-order chi connectivity index (χ0) is 25.7. The lowest BCUT2D eigenvalue weighted by Crippen LogP contribution is -2.42. The number of carbonyl (C=O) groups excluding carboxylic acids is 3. The number of hydrogen-bond acceptors (Lipinski definition) is 8. The van der Waals surface area contributed by atoms with E-state index in [2.05, 4.69) is 0 Å². The molecule has 190 valence electrons. The van der Waals surface area contributed by atoms with Gasteiger partial charge in [-0.2, -0.15) is 0 Å². The molecular weight excluding hydrogens is 466 g/mol. The van der Waals surface area contributed by atoms with Gasteiger partial charge in [0.2, 0.25) is 5.78 Å². The molecule has 0 radical (unpaired) electrons. The van der Waals surface area contributed by atoms with Crippen molar-refractivity contribution in [1.29, 1.82) is 0 Å². The van der Waals surface area contributed by atoms with Gasteiger partial charge in [0.15, 0.2) is 12.4 Å². The minimum atomic E-state index is -0.262. The van der Waals surface area contributed by atoms with Crippen LogP contribution in [0.5, 0.6) is 23.0 Å². The molecule has 0 bridgehead atoms. The van der Waals surface area contributed by atoms with E-state index in [0.29, 0.717) is 66.7 Å². The first-order chi connectivity index (χ1) is 17.4. The molecule has 9 nitrogen and oxygen atoms in total. The van der Waals surface area contributed by atoms with E-state index in [9.17, 15) is 14.4 Å². The molecule has 0 atom stereocenters. The molecule has 1 amide bonds. The van der Waals surface area contributed by atoms with E-state index < -0.39 is 0 Å². The van der Waals surface area contributed by atoms with E-state index in [1.165, 1.54) is 0 Å². The molecule has 0 aliphatic carbocycles. The fourth-order valence-electron chi connectivity index (χ4n) is 4.21. The average molecular weight is 496 g/mol. The molecule has 0 saturated carbocycles. The molecule has 0 N–H and O–H groups in total. The van der Waals surface area contributed by atoms with Gasteiger partial charge in [-0.05, 0) is 56.2 Å². The Kier molecular flexibility index (Phi) is 7.77. The van der Waals surface area contributed by atoms with Crippen LogP contribution in [0.2, 0.25) is 0 Å². The van der Waals surface area contributed by atoms with E-state index in [1.807, 2.05) is 0 Å². The summed E-state index contributed by atoms with van der Waals surface area (Å²) in [4.78, 5) is 39.0. The molecule has 1 saturated heterocycles. The number of amides is 1. The Hall–Kier alpha value is -4.01. The van der Waals surface area contributed by atoms with Gasteiger partial charge in [-0.3, -0.25) is 14.4 Å². The third-order valence-electron chi connectivity index (χ3n) is 6.19. The number of rotatable bonds is 8. The summed E-state index contributed by atoms with van der Waals surface area (Å²) in [5.41, 5.74) is 1.05. The maximum absolute atomic E-state index is 12.9. The SMILES string of the molecule is CCOC(=O)C1CCN(C(=O)COc2ccc3c(c2)OC(=Cc2cc(OC)ccc2OC)C3=O)CC1. The highest BCUT2D eigenvalue weighted by atomic mass is 16.5. The zero-order valence-electron chi connectivity index (χ0n) is 20.6. The summed E-state index contributed by atoms with van der Waals surface area (Å²) in [7, 11) is 3.10. The number of carbonyl (C=O) groups is 3. The number of ketones is 1. The van der Waals surface area contributed by atoms with Crippen molar-refractivity contribution in [3.63, 3.8) is 0 Å². The van der Waals surface area contributed by atoms with E-state index in [4.69, 9.17) is 23.7 Å². The summed E-state index contributed by atoms with van der Waals surface area (Å²) in [5, 5.41) is 0. The second-order valence-electron chi connectivity index (χ2n) is 8.40. The van der Waals surface area contributed by atoms with Crippen LogP contribution in [0.3, 0.4) is 0 Å². The number of ether oxygens (including phenoxy) is 5. The lowest BCUT2D eigenvalue weighted by molar-refractivity contribution is -0.151. The van der Waals surface area contributed by atoms with Crippen LogP contribution in [0.1, 0.15) is 35.7 Å². The average Bonchev–Trinajstić information content (AvgIpc) is 3.21. The molecule has 2 aliphatic rings. The van der Waals surface area contributed by atoms with Gasteiger partial charge in [0, 0.05) is 24.7 Å². The summed E-state index contributed by atoms with van der Waals surface area (Å²) in [6.45, 7) is 2.95. The number of allylic oxidation sites excluding steroid dienone is 1. The Morgan fingerprint density at radius 2 is 1.81 bits per heavy atom. The van der Waals surface area contributed by atoms with Crippen molar-refractivity contribution in [3.8, 4) is 23.0 Å². The van der Waals surface area contributed by atoms with Gasteiger partial charge < -0.3 is 28.6 Å². The Bertz CT molecular complexity index is 1180. The van der Waals surface area contributed by atoms with Gasteiger partial charge in [0.1, 0.15) is 23.0 Å². The molecule has 0 unspecified atom stereocenters. The monoisotopic (exact) mass is 495 g/mol. The molecule has 0 aromatic heterocycles. The fraction of sp³-hybridized carbons (Fsp3) is 0.370. The van der Waals surface area contributed by atoms with E-state index >= 15 is 0 Å². The van der Waals surface area contributed by atoms with Crippen molar-refractivity contribution in [2.24, 2.45) is 5.92 Å². The second kappa shape index (κ2) is 11.2. The van der Waals surface area contributed by atoms with Gasteiger partial charge in [0.25, 0.3) is 5.91 Å². The zero-order valence-corrected chi connectivity index (χ0v) is 20.6. The van der Waals surface area contributed by atoms with E-state index in [-0.39, 0.29) is 35.9 Å². The van der Waals surface area contributed by atoms with Crippen LogP contribution < -0.4 is 18.9 Å². The number of methoxy groups -OCH3 is 2. The van der Waals surface area contributed by atoms with Crippen molar-refractivity contribution in [1.82, 2.24) is 4.90 Å². The number of likely N-dealkylation sites (tertiary alicyclic amines) is 1. The normalized spacial score (nSPS) is 16.4. The molecule has 9 heteroatoms. The van der Waals surface area contributed by atoms with Crippen LogP contribution in [0.15, 0.2) is 42.2 Å². The van der Waals surface area contributed by atoms with Crippen molar-refractivity contribution in [2.45, 2.75) is 19.8 Å². The summed E-state index contributed by atoms with van der Waals surface area (Å²) in [6, 6.07) is 10.1. The minimum absolute atomic E-state index is 0.147. The lowest BCUT2D eigenvalue weighted by Gasteiger charge is -2.30. The summed E-state index contributed by atoms with van der Waals surface area (Å²) in [6.07, 6.45) is 2.76. The summed E-state index contributed by atoms with van der Waals surface area (Å²) >= 11 is 0. The predicted octanol–water partition coefficient (Wildman–Crippen LogP) is 3.50. The van der Waals surface area contributed by atoms with Gasteiger partial charge in [-0.25, -0.2) is 0 Å². The lowest BCUT2D eigenvalue weighted by atomic mass is 9.97. The molecule has 0 spiro atoms. The molecule has 1 fully saturated rings. The van der Waals surface area contributed by atoms with Gasteiger partial charge >= 0.3 is 5.97 Å². The fourth-order valence-corrected chi connectivity index (χ4v) is 4.21. The number of nitrogens with zero attached hydrogens (tertiary/aromatic N) is 1. The summed E-state index contributed by atoms with van der Waals surface area (Å²) < 4.78 is 27.2. The topological polar surface area (TPSA) is 101 Å². The van der Waals surface area contributed by atoms with Crippen LogP contribution in [0.4, 0.5) is 0 Å². The molecule has 36 heavy (non-hydrogen) atoms. The largest absolute Gasteiger partial charge is 0.497 e. The van der Waals surface area contributed by atoms with E-state index in [0.717, 1.165) is 0 Å². The first-order valence-electron chi connectivity index (χ1n) is 11.8. The Morgan fingerprint density at radius 3 is 2.50 bits per heavy atom. The number of esters is 1. The highest BCUT2D eigenvalue weighted by molar-refractivity contribution is 6.14. The van der Waals surface area contributed by atoms with Crippen LogP contribution in [0, 0.1) is 5.92 Å². The second-order valence-corrected chi connectivity index (χ2v) is 8.40. The summed E-state index contributed by atoms with van der Waals surface area (Å²) in [5.74, 6) is 1.31. The van der Waals surface area contributed by atoms with Crippen LogP contribution in [-0.2, 0) is 14.3 Å². The van der Waals surface area contributed by atoms with Gasteiger partial charge in [-0.1, -0.05) is 0 Å². The molecule has 2 aliphatic heterocycles. The standard InChI is InChI=1S/C27H29NO8/c1-4-34-27(31)17-9-11-28(12-10-17)25(29)16-35-20-5-7-21-23(15-20)36-24(26(21)30)14-18-13-19(32-2)6-8-22(18)33-3/h5-8,13-15,17H,4,9-12,16H2,1-3H3. The molecule has 2 heterocycles. The third kappa shape index (κ3) is 5.45. The maximum Gasteiger partial charge on any atom is 0.309 e. The number of piperidine rings is 1. The molecule has 2 aromatic carbocycles. The minimum Gasteiger partial charge on any atom is -0.497 e. The number of Topliss-reactive ketones (excluding diaryl/α,β-unsaturated/α-hetero) is 1.